The fourth-order valence-corrected chi connectivity index (χ4v) is 2.83. The van der Waals surface area contributed by atoms with Crippen LogP contribution < -0.4 is 11.1 Å². The highest BCUT2D eigenvalue weighted by Gasteiger charge is 2.19. The van der Waals surface area contributed by atoms with Gasteiger partial charge in [-0.05, 0) is 32.9 Å². The number of hydrogen-bond acceptors (Lipinski definition) is 7. The van der Waals surface area contributed by atoms with Gasteiger partial charge in [-0.15, -0.1) is 0 Å². The van der Waals surface area contributed by atoms with Crippen molar-refractivity contribution in [2.24, 2.45) is 0 Å². The molecule has 27 heavy (non-hydrogen) atoms. The van der Waals surface area contributed by atoms with E-state index in [1.165, 1.54) is 0 Å². The number of fused-ring (bicyclic) bond motifs is 3. The van der Waals surface area contributed by atoms with E-state index in [2.05, 4.69) is 20.3 Å². The number of imidazole rings is 1. The van der Waals surface area contributed by atoms with Crippen LogP contribution in [-0.4, -0.2) is 44.9 Å². The third-order valence-electron chi connectivity index (χ3n) is 3.82. The number of anilines is 1. The Bertz CT molecular complexity index is 977. The summed E-state index contributed by atoms with van der Waals surface area (Å²) in [5.74, 6) is 1.02. The maximum absolute atomic E-state index is 11.9. The number of nitrogens with one attached hydrogen (secondary N) is 1. The number of carbonyl (C=O) groups is 1. The summed E-state index contributed by atoms with van der Waals surface area (Å²) in [7, 11) is 1.60. The zero-order valence-corrected chi connectivity index (χ0v) is 15.9. The Morgan fingerprint density at radius 3 is 2.78 bits per heavy atom. The van der Waals surface area contributed by atoms with Crippen LogP contribution in [0.3, 0.4) is 0 Å². The second-order valence-corrected chi connectivity index (χ2v) is 7.11. The van der Waals surface area contributed by atoms with Crippen LogP contribution in [0.2, 0.25) is 0 Å². The highest BCUT2D eigenvalue weighted by atomic mass is 16.6. The van der Waals surface area contributed by atoms with E-state index in [-0.39, 0.29) is 0 Å². The smallest absolute Gasteiger partial charge is 0.407 e. The van der Waals surface area contributed by atoms with Gasteiger partial charge in [0, 0.05) is 26.4 Å². The molecule has 0 bridgehead atoms. The second kappa shape index (κ2) is 7.36. The van der Waals surface area contributed by atoms with Gasteiger partial charge in [-0.1, -0.05) is 0 Å². The Morgan fingerprint density at radius 2 is 2.07 bits per heavy atom. The molecule has 3 rings (SSSR count). The van der Waals surface area contributed by atoms with Crippen molar-refractivity contribution in [3.8, 4) is 0 Å². The van der Waals surface area contributed by atoms with Crippen molar-refractivity contribution in [3.63, 3.8) is 0 Å². The minimum absolute atomic E-state index is 0.300. The van der Waals surface area contributed by atoms with E-state index >= 15 is 0 Å². The minimum atomic E-state index is -0.548. The van der Waals surface area contributed by atoms with Gasteiger partial charge in [-0.2, -0.15) is 0 Å². The fraction of sp³-hybridized carbons (Fsp3) is 0.444. The number of amides is 1. The van der Waals surface area contributed by atoms with Crippen LogP contribution in [0.25, 0.3) is 22.1 Å². The van der Waals surface area contributed by atoms with E-state index in [0.29, 0.717) is 47.9 Å². The number of nitrogens with zero attached hydrogens (tertiary/aromatic N) is 4. The van der Waals surface area contributed by atoms with Crippen molar-refractivity contribution in [2.75, 3.05) is 19.4 Å². The largest absolute Gasteiger partial charge is 0.444 e. The number of aromatic nitrogens is 4. The molecule has 0 spiro atoms. The van der Waals surface area contributed by atoms with E-state index in [9.17, 15) is 4.79 Å². The Balaban J connectivity index is 1.95. The maximum atomic E-state index is 11.9. The second-order valence-electron chi connectivity index (χ2n) is 7.11. The molecule has 144 valence electrons. The summed E-state index contributed by atoms with van der Waals surface area (Å²) in [6.07, 6.45) is 1.23. The molecule has 0 aliphatic rings. The van der Waals surface area contributed by atoms with E-state index in [1.807, 2.05) is 31.4 Å². The lowest BCUT2D eigenvalue weighted by Crippen LogP contribution is -2.34. The van der Waals surface area contributed by atoms with Crippen LogP contribution >= 0.6 is 0 Å². The SMILES string of the molecule is COCc1nc2c(N)nc3cccnc3c2n1CCNC(=O)OC(C)(C)C. The van der Waals surface area contributed by atoms with Crippen LogP contribution in [0.4, 0.5) is 10.6 Å². The van der Waals surface area contributed by atoms with Gasteiger partial charge in [0.05, 0.1) is 5.52 Å². The molecule has 3 N–H and O–H groups in total. The molecule has 0 radical (unpaired) electrons. The Morgan fingerprint density at radius 1 is 1.30 bits per heavy atom. The van der Waals surface area contributed by atoms with Gasteiger partial charge >= 0.3 is 6.09 Å². The lowest BCUT2D eigenvalue weighted by Gasteiger charge is -2.20. The van der Waals surface area contributed by atoms with Gasteiger partial charge in [0.25, 0.3) is 0 Å². The van der Waals surface area contributed by atoms with Crippen molar-refractivity contribution in [2.45, 2.75) is 39.5 Å². The molecular weight excluding hydrogens is 348 g/mol. The molecule has 0 fully saturated rings. The topological polar surface area (TPSA) is 117 Å². The van der Waals surface area contributed by atoms with Gasteiger partial charge < -0.3 is 25.1 Å². The zero-order chi connectivity index (χ0) is 19.6. The van der Waals surface area contributed by atoms with Crippen molar-refractivity contribution in [3.05, 3.63) is 24.2 Å². The zero-order valence-electron chi connectivity index (χ0n) is 15.9. The molecule has 0 aromatic carbocycles. The third kappa shape index (κ3) is 4.08. The predicted octanol–water partition coefficient (Wildman–Crippen LogP) is 2.23. The number of pyridine rings is 2. The molecule has 3 heterocycles. The first-order valence-corrected chi connectivity index (χ1v) is 8.65. The van der Waals surface area contributed by atoms with Crippen LogP contribution in [-0.2, 0) is 22.6 Å². The molecule has 0 unspecified atom stereocenters. The van der Waals surface area contributed by atoms with Crippen LogP contribution in [0.15, 0.2) is 18.3 Å². The standard InChI is InChI=1S/C18H24N6O3/c1-18(2,3)27-17(25)21-8-9-24-12(10-26-4)23-14-15(24)13-11(22-16(14)19)6-5-7-20-13/h5-7H,8-10H2,1-4H3,(H2,19,22)(H,21,25). The summed E-state index contributed by atoms with van der Waals surface area (Å²) in [6.45, 7) is 6.58. The predicted molar refractivity (Wildman–Crippen MR) is 102 cm³/mol. The monoisotopic (exact) mass is 372 g/mol. The molecule has 3 aromatic heterocycles. The van der Waals surface area contributed by atoms with Crippen LogP contribution in [0.5, 0.6) is 0 Å². The Hall–Kier alpha value is -2.94. The van der Waals surface area contributed by atoms with Crippen LogP contribution in [0, 0.1) is 0 Å². The number of ether oxygens (including phenoxy) is 2. The lowest BCUT2D eigenvalue weighted by molar-refractivity contribution is 0.0526. The summed E-state index contributed by atoms with van der Waals surface area (Å²) >= 11 is 0. The summed E-state index contributed by atoms with van der Waals surface area (Å²) in [5.41, 5.74) is 8.29. The quantitative estimate of drug-likeness (QED) is 0.705. The maximum Gasteiger partial charge on any atom is 0.407 e. The molecular formula is C18H24N6O3. The number of methoxy groups -OCH3 is 1. The van der Waals surface area contributed by atoms with Crippen molar-refractivity contribution >= 4 is 34.0 Å². The van der Waals surface area contributed by atoms with Crippen molar-refractivity contribution in [1.29, 1.82) is 0 Å². The highest BCUT2D eigenvalue weighted by molar-refractivity contribution is 6.04. The minimum Gasteiger partial charge on any atom is -0.444 e. The molecule has 9 heteroatoms. The van der Waals surface area contributed by atoms with E-state index in [1.54, 1.807) is 19.4 Å². The summed E-state index contributed by atoms with van der Waals surface area (Å²) in [6, 6.07) is 3.66. The first kappa shape index (κ1) is 18.8. The summed E-state index contributed by atoms with van der Waals surface area (Å²) in [5, 5.41) is 2.76. The van der Waals surface area contributed by atoms with E-state index < -0.39 is 11.7 Å². The lowest BCUT2D eigenvalue weighted by atomic mass is 10.2. The molecule has 0 saturated heterocycles. The summed E-state index contributed by atoms with van der Waals surface area (Å²) in [4.78, 5) is 25.3. The van der Waals surface area contributed by atoms with Gasteiger partial charge in [0.15, 0.2) is 5.82 Å². The number of nitrogens with two attached hydrogens (primary N) is 1. The van der Waals surface area contributed by atoms with Crippen molar-refractivity contribution < 1.29 is 14.3 Å². The number of nitrogen functional groups attached to an aromatic ring is 1. The fourth-order valence-electron chi connectivity index (χ4n) is 2.83. The van der Waals surface area contributed by atoms with Gasteiger partial charge in [0.2, 0.25) is 0 Å². The molecule has 0 aliphatic carbocycles. The molecule has 0 saturated carbocycles. The van der Waals surface area contributed by atoms with Gasteiger partial charge in [-0.25, -0.2) is 14.8 Å². The first-order chi connectivity index (χ1) is 12.8. The van der Waals surface area contributed by atoms with Crippen molar-refractivity contribution in [1.82, 2.24) is 24.8 Å². The van der Waals surface area contributed by atoms with Crippen LogP contribution in [0.1, 0.15) is 26.6 Å². The Labute approximate surface area is 156 Å². The number of rotatable bonds is 5. The number of carbonyl (C=O) groups excluding carboxylic acids is 1. The average Bonchev–Trinajstić information content (AvgIpc) is 2.93. The average molecular weight is 372 g/mol. The van der Waals surface area contributed by atoms with E-state index in [4.69, 9.17) is 15.2 Å². The molecule has 3 aromatic rings. The normalized spacial score (nSPS) is 11.9. The molecule has 9 nitrogen and oxygen atoms in total. The van der Waals surface area contributed by atoms with Gasteiger partial charge in [0.1, 0.15) is 34.6 Å². The number of hydrogen-bond donors (Lipinski definition) is 2. The summed E-state index contributed by atoms with van der Waals surface area (Å²) < 4.78 is 12.5. The molecule has 0 atom stereocenters. The van der Waals surface area contributed by atoms with Gasteiger partial charge in [-0.3, -0.25) is 4.98 Å². The number of alkyl carbamates (subject to hydrolysis) is 1. The third-order valence-corrected chi connectivity index (χ3v) is 3.82. The highest BCUT2D eigenvalue weighted by Crippen LogP contribution is 2.27. The molecule has 0 aliphatic heterocycles. The molecule has 1 amide bonds. The van der Waals surface area contributed by atoms with E-state index in [0.717, 1.165) is 5.52 Å². The first-order valence-electron chi connectivity index (χ1n) is 8.65. The Kier molecular flexibility index (Phi) is 5.13.